The molecule has 0 aliphatic heterocycles. The summed E-state index contributed by atoms with van der Waals surface area (Å²) in [6, 6.07) is 10.7. The molecule has 0 bridgehead atoms. The summed E-state index contributed by atoms with van der Waals surface area (Å²) in [6.07, 6.45) is 3.25. The Morgan fingerprint density at radius 3 is 2.68 bits per heavy atom. The number of carbonyl (C=O) groups excluding carboxylic acids is 2. The van der Waals surface area contributed by atoms with Gasteiger partial charge in [0.2, 0.25) is 11.7 Å². The summed E-state index contributed by atoms with van der Waals surface area (Å²) in [5, 5.41) is 6.62. The SMILES string of the molecule is CC(=O)NC(CC(=O)OCc1nc(-c2cccnc2)no1)c1ccc(C)cc1. The Labute approximate surface area is 161 Å². The summed E-state index contributed by atoms with van der Waals surface area (Å²) in [7, 11) is 0. The van der Waals surface area contributed by atoms with Gasteiger partial charge in [-0.3, -0.25) is 14.6 Å². The van der Waals surface area contributed by atoms with Crippen LogP contribution in [0.4, 0.5) is 0 Å². The molecule has 0 saturated heterocycles. The van der Waals surface area contributed by atoms with Crippen LogP contribution in [0.1, 0.15) is 36.4 Å². The van der Waals surface area contributed by atoms with Gasteiger partial charge in [-0.15, -0.1) is 0 Å². The van der Waals surface area contributed by atoms with Crippen LogP contribution in [-0.2, 0) is 20.9 Å². The van der Waals surface area contributed by atoms with Crippen molar-refractivity contribution in [3.8, 4) is 11.4 Å². The zero-order valence-electron chi connectivity index (χ0n) is 15.6. The molecule has 2 heterocycles. The number of benzene rings is 1. The smallest absolute Gasteiger partial charge is 0.308 e. The number of aryl methyl sites for hydroxylation is 1. The average Bonchev–Trinajstić information content (AvgIpc) is 3.16. The highest BCUT2D eigenvalue weighted by Crippen LogP contribution is 2.19. The van der Waals surface area contributed by atoms with Gasteiger partial charge in [-0.25, -0.2) is 0 Å². The molecule has 28 heavy (non-hydrogen) atoms. The molecule has 0 aliphatic rings. The van der Waals surface area contributed by atoms with Crippen LogP contribution in [0.5, 0.6) is 0 Å². The van der Waals surface area contributed by atoms with Crippen molar-refractivity contribution in [3.63, 3.8) is 0 Å². The zero-order chi connectivity index (χ0) is 19.9. The third-order valence-corrected chi connectivity index (χ3v) is 3.97. The summed E-state index contributed by atoms with van der Waals surface area (Å²) < 4.78 is 10.3. The van der Waals surface area contributed by atoms with Crippen molar-refractivity contribution < 1.29 is 18.8 Å². The maximum atomic E-state index is 12.3. The van der Waals surface area contributed by atoms with Crippen molar-refractivity contribution in [2.24, 2.45) is 0 Å². The summed E-state index contributed by atoms with van der Waals surface area (Å²) in [4.78, 5) is 31.9. The summed E-state index contributed by atoms with van der Waals surface area (Å²) in [6.45, 7) is 3.23. The van der Waals surface area contributed by atoms with E-state index < -0.39 is 12.0 Å². The first-order chi connectivity index (χ1) is 13.5. The number of carbonyl (C=O) groups is 2. The van der Waals surface area contributed by atoms with Gasteiger partial charge in [0.1, 0.15) is 0 Å². The largest absolute Gasteiger partial charge is 0.455 e. The molecule has 8 nitrogen and oxygen atoms in total. The van der Waals surface area contributed by atoms with Crippen molar-refractivity contribution in [3.05, 3.63) is 65.8 Å². The minimum atomic E-state index is -0.486. The number of nitrogens with one attached hydrogen (secondary N) is 1. The molecule has 0 saturated carbocycles. The van der Waals surface area contributed by atoms with E-state index in [1.807, 2.05) is 31.2 Å². The average molecular weight is 380 g/mol. The number of ether oxygens (including phenoxy) is 1. The maximum Gasteiger partial charge on any atom is 0.308 e. The highest BCUT2D eigenvalue weighted by Gasteiger charge is 2.19. The highest BCUT2D eigenvalue weighted by atomic mass is 16.6. The fourth-order valence-electron chi connectivity index (χ4n) is 2.59. The number of esters is 1. The molecule has 3 rings (SSSR count). The van der Waals surface area contributed by atoms with E-state index >= 15 is 0 Å². The lowest BCUT2D eigenvalue weighted by molar-refractivity contribution is -0.146. The van der Waals surface area contributed by atoms with Crippen LogP contribution >= 0.6 is 0 Å². The second-order valence-corrected chi connectivity index (χ2v) is 6.28. The van der Waals surface area contributed by atoms with Gasteiger partial charge in [0.05, 0.1) is 12.5 Å². The summed E-state index contributed by atoms with van der Waals surface area (Å²) in [5.41, 5.74) is 2.62. The van der Waals surface area contributed by atoms with Gasteiger partial charge in [0, 0.05) is 24.9 Å². The third-order valence-electron chi connectivity index (χ3n) is 3.97. The van der Waals surface area contributed by atoms with E-state index in [1.54, 1.807) is 24.5 Å². The molecule has 0 aliphatic carbocycles. The summed E-state index contributed by atoms with van der Waals surface area (Å²) in [5.74, 6) is -0.162. The minimum Gasteiger partial charge on any atom is -0.455 e. The Kier molecular flexibility index (Phi) is 6.11. The Hall–Kier alpha value is -3.55. The quantitative estimate of drug-likeness (QED) is 0.628. The molecule has 0 spiro atoms. The van der Waals surface area contributed by atoms with Gasteiger partial charge in [0.15, 0.2) is 6.61 Å². The van der Waals surface area contributed by atoms with Crippen LogP contribution in [0.15, 0.2) is 53.3 Å². The maximum absolute atomic E-state index is 12.3. The molecule has 144 valence electrons. The molecule has 1 atom stereocenters. The van der Waals surface area contributed by atoms with Crippen molar-refractivity contribution in [1.29, 1.82) is 0 Å². The number of nitrogens with zero attached hydrogens (tertiary/aromatic N) is 3. The van der Waals surface area contributed by atoms with Gasteiger partial charge >= 0.3 is 5.97 Å². The van der Waals surface area contributed by atoms with E-state index in [-0.39, 0.29) is 24.8 Å². The lowest BCUT2D eigenvalue weighted by Gasteiger charge is -2.17. The summed E-state index contributed by atoms with van der Waals surface area (Å²) >= 11 is 0. The van der Waals surface area contributed by atoms with Gasteiger partial charge in [-0.05, 0) is 24.6 Å². The molecule has 0 radical (unpaired) electrons. The minimum absolute atomic E-state index is 0.00770. The first kappa shape index (κ1) is 19.2. The topological polar surface area (TPSA) is 107 Å². The monoisotopic (exact) mass is 380 g/mol. The van der Waals surface area contributed by atoms with Crippen LogP contribution in [0.2, 0.25) is 0 Å². The van der Waals surface area contributed by atoms with Gasteiger partial charge in [-0.1, -0.05) is 35.0 Å². The lowest BCUT2D eigenvalue weighted by atomic mass is 10.0. The van der Waals surface area contributed by atoms with Gasteiger partial charge < -0.3 is 14.6 Å². The van der Waals surface area contributed by atoms with Crippen LogP contribution in [0.3, 0.4) is 0 Å². The number of aromatic nitrogens is 3. The fourth-order valence-corrected chi connectivity index (χ4v) is 2.59. The molecule has 1 N–H and O–H groups in total. The zero-order valence-corrected chi connectivity index (χ0v) is 15.6. The fraction of sp³-hybridized carbons (Fsp3) is 0.250. The molecule has 1 aromatic carbocycles. The molecule has 1 amide bonds. The van der Waals surface area contributed by atoms with Crippen molar-refractivity contribution in [2.45, 2.75) is 32.9 Å². The van der Waals surface area contributed by atoms with Gasteiger partial charge in [0.25, 0.3) is 5.89 Å². The number of hydrogen-bond acceptors (Lipinski definition) is 7. The van der Waals surface area contributed by atoms with Crippen LogP contribution in [0.25, 0.3) is 11.4 Å². The van der Waals surface area contributed by atoms with E-state index in [4.69, 9.17) is 9.26 Å². The third kappa shape index (κ3) is 5.23. The lowest BCUT2D eigenvalue weighted by Crippen LogP contribution is -2.28. The van der Waals surface area contributed by atoms with Crippen LogP contribution in [-0.4, -0.2) is 27.0 Å². The van der Waals surface area contributed by atoms with Crippen molar-refractivity contribution in [1.82, 2.24) is 20.4 Å². The van der Waals surface area contributed by atoms with E-state index in [0.29, 0.717) is 11.4 Å². The molecule has 0 fully saturated rings. The van der Waals surface area contributed by atoms with E-state index in [0.717, 1.165) is 11.1 Å². The molecule has 2 aromatic heterocycles. The first-order valence-corrected chi connectivity index (χ1v) is 8.73. The van der Waals surface area contributed by atoms with Crippen molar-refractivity contribution >= 4 is 11.9 Å². The molecular weight excluding hydrogens is 360 g/mol. The molecule has 3 aromatic rings. The Balaban J connectivity index is 1.59. The number of amides is 1. The molecule has 1 unspecified atom stereocenters. The predicted molar refractivity (Wildman–Crippen MR) is 99.7 cm³/mol. The van der Waals surface area contributed by atoms with E-state index in [2.05, 4.69) is 20.4 Å². The number of hydrogen-bond donors (Lipinski definition) is 1. The number of pyridine rings is 1. The normalized spacial score (nSPS) is 11.6. The van der Waals surface area contributed by atoms with E-state index in [1.165, 1.54) is 6.92 Å². The van der Waals surface area contributed by atoms with Gasteiger partial charge in [-0.2, -0.15) is 4.98 Å². The van der Waals surface area contributed by atoms with Crippen molar-refractivity contribution in [2.75, 3.05) is 0 Å². The molecular formula is C20H20N4O4. The second-order valence-electron chi connectivity index (χ2n) is 6.28. The Bertz CT molecular complexity index is 938. The van der Waals surface area contributed by atoms with E-state index in [9.17, 15) is 9.59 Å². The Morgan fingerprint density at radius 2 is 2.00 bits per heavy atom. The van der Waals surface area contributed by atoms with Crippen LogP contribution < -0.4 is 5.32 Å². The Morgan fingerprint density at radius 1 is 1.21 bits per heavy atom. The van der Waals surface area contributed by atoms with Crippen LogP contribution in [0, 0.1) is 6.92 Å². The highest BCUT2D eigenvalue weighted by molar-refractivity contribution is 5.76. The standard InChI is InChI=1S/C20H20N4O4/c1-13-5-7-15(8-6-13)17(22-14(2)25)10-19(26)27-12-18-23-20(24-28-18)16-4-3-9-21-11-16/h3-9,11,17H,10,12H2,1-2H3,(H,22,25). The number of rotatable bonds is 7. The molecule has 8 heteroatoms. The first-order valence-electron chi connectivity index (χ1n) is 8.73. The second kappa shape index (κ2) is 8.90. The predicted octanol–water partition coefficient (Wildman–Crippen LogP) is 2.75.